The SMILES string of the molecule is CC(O)(CNC(=O)c1ccnnc1)c1ccsc1. The van der Waals surface area contributed by atoms with Crippen molar-refractivity contribution in [3.63, 3.8) is 0 Å². The van der Waals surface area contributed by atoms with Crippen LogP contribution in [0.2, 0.25) is 0 Å². The second-order valence-corrected chi connectivity index (χ2v) is 4.88. The van der Waals surface area contributed by atoms with Crippen LogP contribution in [0.1, 0.15) is 22.8 Å². The lowest BCUT2D eigenvalue weighted by molar-refractivity contribution is 0.0530. The van der Waals surface area contributed by atoms with E-state index in [9.17, 15) is 9.90 Å². The van der Waals surface area contributed by atoms with Gasteiger partial charge < -0.3 is 10.4 Å². The van der Waals surface area contributed by atoms with Gasteiger partial charge in [0.1, 0.15) is 5.60 Å². The fourth-order valence-electron chi connectivity index (χ4n) is 1.45. The average molecular weight is 263 g/mol. The first-order chi connectivity index (χ1) is 8.59. The third-order valence-corrected chi connectivity index (χ3v) is 3.27. The molecule has 2 aromatic rings. The molecule has 18 heavy (non-hydrogen) atoms. The number of hydrogen-bond acceptors (Lipinski definition) is 5. The van der Waals surface area contributed by atoms with Crippen LogP contribution in [0.25, 0.3) is 0 Å². The molecule has 1 unspecified atom stereocenters. The molecule has 0 saturated heterocycles. The van der Waals surface area contributed by atoms with Crippen LogP contribution in [0.15, 0.2) is 35.3 Å². The van der Waals surface area contributed by atoms with Crippen LogP contribution >= 0.6 is 11.3 Å². The Labute approximate surface area is 109 Å². The Bertz CT molecular complexity index is 511. The molecule has 0 spiro atoms. The largest absolute Gasteiger partial charge is 0.384 e. The number of nitrogens with zero attached hydrogens (tertiary/aromatic N) is 2. The molecule has 5 nitrogen and oxygen atoms in total. The molecule has 2 heterocycles. The smallest absolute Gasteiger partial charge is 0.253 e. The minimum Gasteiger partial charge on any atom is -0.384 e. The van der Waals surface area contributed by atoms with Crippen molar-refractivity contribution in [3.05, 3.63) is 46.4 Å². The highest BCUT2D eigenvalue weighted by atomic mass is 32.1. The second kappa shape index (κ2) is 5.24. The summed E-state index contributed by atoms with van der Waals surface area (Å²) in [6.45, 7) is 1.81. The zero-order chi connectivity index (χ0) is 13.0. The highest BCUT2D eigenvalue weighted by Gasteiger charge is 2.24. The van der Waals surface area contributed by atoms with Crippen molar-refractivity contribution >= 4 is 17.2 Å². The number of nitrogens with one attached hydrogen (secondary N) is 1. The maximum Gasteiger partial charge on any atom is 0.253 e. The van der Waals surface area contributed by atoms with Crippen LogP contribution in [-0.4, -0.2) is 27.8 Å². The van der Waals surface area contributed by atoms with Crippen molar-refractivity contribution in [2.45, 2.75) is 12.5 Å². The quantitative estimate of drug-likeness (QED) is 0.868. The van der Waals surface area contributed by atoms with Crippen LogP contribution in [0.3, 0.4) is 0 Å². The van der Waals surface area contributed by atoms with Crippen molar-refractivity contribution in [3.8, 4) is 0 Å². The number of thiophene rings is 1. The van der Waals surface area contributed by atoms with E-state index in [-0.39, 0.29) is 12.5 Å². The summed E-state index contributed by atoms with van der Waals surface area (Å²) in [6, 6.07) is 3.41. The lowest BCUT2D eigenvalue weighted by atomic mass is 9.99. The Hall–Kier alpha value is -1.79. The Morgan fingerprint density at radius 2 is 2.33 bits per heavy atom. The third-order valence-electron chi connectivity index (χ3n) is 2.58. The first kappa shape index (κ1) is 12.7. The molecular weight excluding hydrogens is 250 g/mol. The van der Waals surface area contributed by atoms with E-state index >= 15 is 0 Å². The van der Waals surface area contributed by atoms with Gasteiger partial charge in [-0.25, -0.2) is 0 Å². The van der Waals surface area contributed by atoms with E-state index in [1.807, 2.05) is 16.8 Å². The first-order valence-electron chi connectivity index (χ1n) is 5.39. The van der Waals surface area contributed by atoms with Crippen molar-refractivity contribution in [1.29, 1.82) is 0 Å². The van der Waals surface area contributed by atoms with Crippen molar-refractivity contribution < 1.29 is 9.90 Å². The Kier molecular flexibility index (Phi) is 3.69. The Morgan fingerprint density at radius 1 is 1.50 bits per heavy atom. The molecular formula is C12H13N3O2S. The van der Waals surface area contributed by atoms with E-state index in [4.69, 9.17) is 0 Å². The minimum atomic E-state index is -1.07. The predicted molar refractivity (Wildman–Crippen MR) is 68.3 cm³/mol. The van der Waals surface area contributed by atoms with Crippen LogP contribution in [0.4, 0.5) is 0 Å². The highest BCUT2D eigenvalue weighted by molar-refractivity contribution is 7.08. The highest BCUT2D eigenvalue weighted by Crippen LogP contribution is 2.22. The van der Waals surface area contributed by atoms with Gasteiger partial charge in [-0.05, 0) is 35.4 Å². The van der Waals surface area contributed by atoms with Crippen LogP contribution in [-0.2, 0) is 5.60 Å². The van der Waals surface area contributed by atoms with Gasteiger partial charge in [-0.1, -0.05) is 0 Å². The molecule has 2 aromatic heterocycles. The zero-order valence-corrected chi connectivity index (χ0v) is 10.6. The molecule has 0 aliphatic carbocycles. The fourth-order valence-corrected chi connectivity index (χ4v) is 2.24. The van der Waals surface area contributed by atoms with Gasteiger partial charge in [-0.2, -0.15) is 21.5 Å². The Morgan fingerprint density at radius 3 is 2.94 bits per heavy atom. The summed E-state index contributed by atoms with van der Waals surface area (Å²) < 4.78 is 0. The second-order valence-electron chi connectivity index (χ2n) is 4.10. The van der Waals surface area contributed by atoms with Gasteiger partial charge in [0.2, 0.25) is 0 Å². The van der Waals surface area contributed by atoms with Crippen molar-refractivity contribution in [2.24, 2.45) is 0 Å². The molecule has 2 N–H and O–H groups in total. The van der Waals surface area contributed by atoms with E-state index < -0.39 is 5.60 Å². The van der Waals surface area contributed by atoms with E-state index in [0.29, 0.717) is 5.56 Å². The average Bonchev–Trinajstić information content (AvgIpc) is 2.92. The Balaban J connectivity index is 1.98. The molecule has 0 bridgehead atoms. The normalized spacial score (nSPS) is 13.9. The van der Waals surface area contributed by atoms with E-state index in [0.717, 1.165) is 5.56 Å². The molecule has 0 aliphatic heterocycles. The molecule has 0 saturated carbocycles. The summed E-state index contributed by atoms with van der Waals surface area (Å²) in [4.78, 5) is 11.8. The van der Waals surface area contributed by atoms with Gasteiger partial charge in [0.15, 0.2) is 0 Å². The predicted octanol–water partition coefficient (Wildman–Crippen LogP) is 1.18. The topological polar surface area (TPSA) is 75.1 Å². The molecule has 6 heteroatoms. The maximum absolute atomic E-state index is 11.8. The molecule has 1 atom stereocenters. The standard InChI is InChI=1S/C12H13N3O2S/c1-12(17,10-3-5-18-7-10)8-13-11(16)9-2-4-14-15-6-9/h2-7,17H,8H2,1H3,(H,13,16). The fraction of sp³-hybridized carbons (Fsp3) is 0.250. The number of aromatic nitrogens is 2. The van der Waals surface area contributed by atoms with Crippen LogP contribution < -0.4 is 5.32 Å². The summed E-state index contributed by atoms with van der Waals surface area (Å²) in [7, 11) is 0. The van der Waals surface area contributed by atoms with E-state index in [2.05, 4.69) is 15.5 Å². The molecule has 0 radical (unpaired) electrons. The molecule has 2 rings (SSSR count). The summed E-state index contributed by atoms with van der Waals surface area (Å²) >= 11 is 1.51. The zero-order valence-electron chi connectivity index (χ0n) is 9.83. The lowest BCUT2D eigenvalue weighted by Gasteiger charge is -2.22. The van der Waals surface area contributed by atoms with Crippen LogP contribution in [0, 0.1) is 0 Å². The maximum atomic E-state index is 11.8. The van der Waals surface area contributed by atoms with Gasteiger partial charge >= 0.3 is 0 Å². The monoisotopic (exact) mass is 263 g/mol. The minimum absolute atomic E-state index is 0.144. The van der Waals surface area contributed by atoms with Crippen molar-refractivity contribution in [2.75, 3.05) is 6.54 Å². The van der Waals surface area contributed by atoms with E-state index in [1.165, 1.54) is 23.7 Å². The molecule has 0 fully saturated rings. The summed E-state index contributed by atoms with van der Waals surface area (Å²) in [5, 5.41) is 23.9. The lowest BCUT2D eigenvalue weighted by Crippen LogP contribution is -2.38. The number of rotatable bonds is 4. The van der Waals surface area contributed by atoms with Crippen molar-refractivity contribution in [1.82, 2.24) is 15.5 Å². The summed E-state index contributed by atoms with van der Waals surface area (Å²) in [5.41, 5.74) is 0.141. The molecule has 1 amide bonds. The van der Waals surface area contributed by atoms with Gasteiger partial charge in [-0.15, -0.1) is 0 Å². The van der Waals surface area contributed by atoms with Gasteiger partial charge in [0.05, 0.1) is 24.5 Å². The first-order valence-corrected chi connectivity index (χ1v) is 6.34. The number of hydrogen-bond donors (Lipinski definition) is 2. The number of carbonyl (C=O) groups is 1. The number of carbonyl (C=O) groups excluding carboxylic acids is 1. The van der Waals surface area contributed by atoms with Gasteiger partial charge in [-0.3, -0.25) is 4.79 Å². The van der Waals surface area contributed by atoms with Gasteiger partial charge in [0.25, 0.3) is 5.91 Å². The van der Waals surface area contributed by atoms with Gasteiger partial charge in [0, 0.05) is 0 Å². The van der Waals surface area contributed by atoms with E-state index in [1.54, 1.807) is 13.0 Å². The van der Waals surface area contributed by atoms with Crippen LogP contribution in [0.5, 0.6) is 0 Å². The molecule has 0 aromatic carbocycles. The molecule has 0 aliphatic rings. The number of aliphatic hydroxyl groups is 1. The molecule has 94 valence electrons. The third kappa shape index (κ3) is 2.91. The summed E-state index contributed by atoms with van der Waals surface area (Å²) in [5.74, 6) is -0.277. The number of amides is 1. The summed E-state index contributed by atoms with van der Waals surface area (Å²) in [6.07, 6.45) is 2.83.